The Morgan fingerprint density at radius 1 is 0.699 bits per heavy atom. The molecule has 0 bridgehead atoms. The number of hydrogen-bond donors (Lipinski definition) is 4. The predicted octanol–water partition coefficient (Wildman–Crippen LogP) is 8.27. The largest absolute Gasteiger partial charge is 0.453 e. The molecule has 0 spiro atoms. The molecule has 3 aromatic carbocycles. The fourth-order valence-corrected chi connectivity index (χ4v) is 11.5. The summed E-state index contributed by atoms with van der Waals surface area (Å²) in [5.74, 6) is -0.797. The van der Waals surface area contributed by atoms with Crippen LogP contribution in [0.4, 0.5) is 29.7 Å². The molecule has 4 saturated heterocycles. The maximum absolute atomic E-state index is 16.5. The first-order valence-corrected chi connectivity index (χ1v) is 25.6. The second-order valence-corrected chi connectivity index (χ2v) is 20.2. The van der Waals surface area contributed by atoms with E-state index in [1.807, 2.05) is 62.1 Å². The van der Waals surface area contributed by atoms with Gasteiger partial charge in [-0.1, -0.05) is 39.3 Å². The molecule has 4 N–H and O–H groups in total. The van der Waals surface area contributed by atoms with Crippen LogP contribution in [0.15, 0.2) is 48.5 Å². The van der Waals surface area contributed by atoms with Gasteiger partial charge >= 0.3 is 12.2 Å². The molecule has 0 radical (unpaired) electrons. The number of fused-ring (bicyclic) bond motifs is 2. The Balaban J connectivity index is 1.05. The molecule has 0 aliphatic carbocycles. The summed E-state index contributed by atoms with van der Waals surface area (Å²) in [6.07, 6.45) is 4.26. The van der Waals surface area contributed by atoms with Crippen LogP contribution in [0.2, 0.25) is 0 Å². The number of aromatic nitrogens is 4. The molecule has 4 amide bonds. The average molecular weight is 1010 g/mol. The van der Waals surface area contributed by atoms with Gasteiger partial charge in [0.25, 0.3) is 0 Å². The van der Waals surface area contributed by atoms with Crippen molar-refractivity contribution < 1.29 is 46.9 Å². The van der Waals surface area contributed by atoms with Gasteiger partial charge in [0.15, 0.2) is 11.6 Å². The molecule has 0 unspecified atom stereocenters. The number of anilines is 2. The standard InChI is InChI=1S/C53H68F2N10O8/c1-8-12-39(60-52(68)72-6)50(66)63-27-33(70-4)25-44(63)48-56-37-15-13-30(21-40(37)58-48)42-17-18-43(65(42)32-23-35(54)47(36(55)24-32)62-19-10-9-11-20-62)31-14-16-38-41(22-31)59-49(57-38)45-26-34(71-5)28-64(45)51(67)46(29(2)3)61-53(69)73-7/h13-16,21-24,29,33-34,39,42-46H,8-12,17-20,25-28H2,1-7H3,(H,56,58)(H,57,59)(H,60,68)(H,61,69)/t33-,34-,39-,42+,43+,44-,45-,46-/m0/s1. The maximum atomic E-state index is 16.5. The topological polar surface area (TPSA) is 200 Å². The Morgan fingerprint density at radius 3 is 1.68 bits per heavy atom. The lowest BCUT2D eigenvalue weighted by atomic mass is 10.0. The highest BCUT2D eigenvalue weighted by atomic mass is 19.1. The lowest BCUT2D eigenvalue weighted by Gasteiger charge is -2.35. The van der Waals surface area contributed by atoms with Crippen molar-refractivity contribution in [1.82, 2.24) is 40.4 Å². The third kappa shape index (κ3) is 10.4. The van der Waals surface area contributed by atoms with Crippen molar-refractivity contribution in [3.05, 3.63) is 82.9 Å². The van der Waals surface area contributed by atoms with Gasteiger partial charge in [-0.15, -0.1) is 0 Å². The first-order valence-electron chi connectivity index (χ1n) is 25.6. The molecule has 4 aliphatic heterocycles. The van der Waals surface area contributed by atoms with Gasteiger partial charge < -0.3 is 59.1 Å². The van der Waals surface area contributed by atoms with Crippen LogP contribution in [0.5, 0.6) is 0 Å². The lowest BCUT2D eigenvalue weighted by Crippen LogP contribution is -2.51. The number of amides is 4. The monoisotopic (exact) mass is 1010 g/mol. The van der Waals surface area contributed by atoms with E-state index in [0.29, 0.717) is 93.1 Å². The molecule has 4 fully saturated rings. The summed E-state index contributed by atoms with van der Waals surface area (Å²) in [7, 11) is 5.75. The molecule has 73 heavy (non-hydrogen) atoms. The summed E-state index contributed by atoms with van der Waals surface area (Å²) in [6.45, 7) is 7.47. The van der Waals surface area contributed by atoms with E-state index in [1.165, 1.54) is 26.4 Å². The number of hydrogen-bond acceptors (Lipinski definition) is 12. The minimum Gasteiger partial charge on any atom is -0.453 e. The number of carbonyl (C=O) groups is 4. The van der Waals surface area contributed by atoms with Gasteiger partial charge in [-0.05, 0) is 92.0 Å². The number of aromatic amines is 2. The molecule has 0 saturated carbocycles. The first kappa shape index (κ1) is 51.4. The molecule has 8 atom stereocenters. The third-order valence-corrected chi connectivity index (χ3v) is 15.3. The van der Waals surface area contributed by atoms with Gasteiger partial charge in [0, 0.05) is 58.9 Å². The van der Waals surface area contributed by atoms with Crippen LogP contribution < -0.4 is 20.4 Å². The fraction of sp³-hybridized carbons (Fsp3) is 0.547. The molecular formula is C53H68F2N10O8. The van der Waals surface area contributed by atoms with Crippen molar-refractivity contribution >= 4 is 57.4 Å². The van der Waals surface area contributed by atoms with Crippen LogP contribution in [0.1, 0.15) is 126 Å². The van der Waals surface area contributed by atoms with E-state index in [-0.39, 0.29) is 47.7 Å². The van der Waals surface area contributed by atoms with Gasteiger partial charge in [0.05, 0.1) is 72.7 Å². The zero-order valence-corrected chi connectivity index (χ0v) is 42.7. The van der Waals surface area contributed by atoms with Gasteiger partial charge in [-0.2, -0.15) is 0 Å². The number of benzene rings is 3. The Bertz CT molecular complexity index is 2790. The molecule has 392 valence electrons. The molecule has 20 heteroatoms. The summed E-state index contributed by atoms with van der Waals surface area (Å²) in [5.41, 5.74) is 5.09. The van der Waals surface area contributed by atoms with E-state index in [1.54, 1.807) is 24.0 Å². The number of halogens is 2. The summed E-state index contributed by atoms with van der Waals surface area (Å²) >= 11 is 0. The van der Waals surface area contributed by atoms with Crippen LogP contribution in [-0.4, -0.2) is 133 Å². The second kappa shape index (κ2) is 21.9. The summed E-state index contributed by atoms with van der Waals surface area (Å²) < 4.78 is 54.2. The summed E-state index contributed by atoms with van der Waals surface area (Å²) in [6, 6.07) is 11.7. The van der Waals surface area contributed by atoms with Crippen molar-refractivity contribution in [2.75, 3.05) is 64.4 Å². The number of ether oxygens (including phenoxy) is 4. The number of piperidine rings is 1. The Labute approximate surface area is 423 Å². The first-order chi connectivity index (χ1) is 35.2. The molecule has 9 rings (SSSR count). The third-order valence-electron chi connectivity index (χ3n) is 15.3. The van der Waals surface area contributed by atoms with E-state index >= 15 is 8.78 Å². The number of nitrogens with zero attached hydrogens (tertiary/aromatic N) is 6. The van der Waals surface area contributed by atoms with Crippen LogP contribution >= 0.6 is 0 Å². The van der Waals surface area contributed by atoms with E-state index in [9.17, 15) is 19.2 Å². The van der Waals surface area contributed by atoms with Gasteiger partial charge in [-0.25, -0.2) is 28.3 Å². The molecule has 6 heterocycles. The van der Waals surface area contributed by atoms with Gasteiger partial charge in [0.1, 0.15) is 29.4 Å². The zero-order chi connectivity index (χ0) is 51.7. The van der Waals surface area contributed by atoms with Crippen molar-refractivity contribution in [3.8, 4) is 0 Å². The second-order valence-electron chi connectivity index (χ2n) is 20.2. The molecule has 2 aromatic heterocycles. The maximum Gasteiger partial charge on any atom is 0.407 e. The van der Waals surface area contributed by atoms with E-state index in [0.717, 1.165) is 41.4 Å². The Hall–Kier alpha value is -6.54. The number of nitrogens with one attached hydrogen (secondary N) is 4. The number of carbonyl (C=O) groups excluding carboxylic acids is 4. The van der Waals surface area contributed by atoms with Crippen LogP contribution in [0, 0.1) is 17.6 Å². The molecular weight excluding hydrogens is 943 g/mol. The number of likely N-dealkylation sites (tertiary alicyclic amines) is 2. The average Bonchev–Trinajstić information content (AvgIpc) is 4.25. The van der Waals surface area contributed by atoms with E-state index in [4.69, 9.17) is 28.9 Å². The van der Waals surface area contributed by atoms with Gasteiger partial charge in [-0.3, -0.25) is 9.59 Å². The SMILES string of the molecule is CCC[C@H](NC(=O)OC)C(=O)N1C[C@@H](OC)C[C@H]1c1nc2ccc([C@H]3CC[C@H](c4ccc5nc([C@@H]6C[C@H](OC)CN6C(=O)[C@@H](NC(=O)OC)C(C)C)[nH]c5c4)N3c3cc(F)c(N4CCCCC4)c(F)c3)cc2[nH]1. The quantitative estimate of drug-likeness (QED) is 0.0784. The van der Waals surface area contributed by atoms with Crippen LogP contribution in [0.25, 0.3) is 22.1 Å². The van der Waals surface area contributed by atoms with E-state index < -0.39 is 48.0 Å². The number of imidazole rings is 2. The highest BCUT2D eigenvalue weighted by molar-refractivity contribution is 5.88. The smallest absolute Gasteiger partial charge is 0.407 e. The fourth-order valence-electron chi connectivity index (χ4n) is 11.5. The summed E-state index contributed by atoms with van der Waals surface area (Å²) in [5, 5.41) is 5.40. The molecule has 5 aromatic rings. The van der Waals surface area contributed by atoms with Crippen molar-refractivity contribution in [2.24, 2.45) is 5.92 Å². The number of methoxy groups -OCH3 is 4. The predicted molar refractivity (Wildman–Crippen MR) is 270 cm³/mol. The van der Waals surface area contributed by atoms with E-state index in [2.05, 4.69) is 25.5 Å². The number of rotatable bonds is 15. The Morgan fingerprint density at radius 2 is 1.21 bits per heavy atom. The molecule has 18 nitrogen and oxygen atoms in total. The molecule has 4 aliphatic rings. The minimum atomic E-state index is -0.832. The van der Waals surface area contributed by atoms with Gasteiger partial charge in [0.2, 0.25) is 11.8 Å². The highest BCUT2D eigenvalue weighted by Gasteiger charge is 2.44. The Kier molecular flexibility index (Phi) is 15.4. The van der Waals surface area contributed by atoms with Crippen molar-refractivity contribution in [1.29, 1.82) is 0 Å². The lowest BCUT2D eigenvalue weighted by molar-refractivity contribution is -0.136. The highest BCUT2D eigenvalue weighted by Crippen LogP contribution is 2.49. The number of H-pyrrole nitrogens is 2. The van der Waals surface area contributed by atoms with Crippen molar-refractivity contribution in [3.63, 3.8) is 0 Å². The zero-order valence-electron chi connectivity index (χ0n) is 42.7. The normalized spacial score (nSPS) is 23.2. The summed E-state index contributed by atoms with van der Waals surface area (Å²) in [4.78, 5) is 77.1. The minimum absolute atomic E-state index is 0.00162. The number of alkyl carbamates (subject to hydrolysis) is 2. The van der Waals surface area contributed by atoms with Crippen LogP contribution in [0.3, 0.4) is 0 Å². The van der Waals surface area contributed by atoms with Crippen LogP contribution in [-0.2, 0) is 28.5 Å². The van der Waals surface area contributed by atoms with Crippen molar-refractivity contribution in [2.45, 2.75) is 127 Å².